The van der Waals surface area contributed by atoms with E-state index < -0.39 is 0 Å². The zero-order chi connectivity index (χ0) is 12.3. The van der Waals surface area contributed by atoms with Crippen LogP contribution in [0.3, 0.4) is 0 Å². The van der Waals surface area contributed by atoms with Gasteiger partial charge in [-0.25, -0.2) is 0 Å². The Balaban J connectivity index is 3.48. The van der Waals surface area contributed by atoms with Gasteiger partial charge in [-0.1, -0.05) is 18.7 Å². The highest BCUT2D eigenvalue weighted by Gasteiger charge is 2.12. The molecule has 0 unspecified atom stereocenters. The molecule has 0 aliphatic heterocycles. The fourth-order valence-corrected chi connectivity index (χ4v) is 1.34. The minimum absolute atomic E-state index is 0.0879. The number of Topliss-reactive ketones (excluding diaryl/α,β-unsaturated/α-hetero) is 1. The normalized spacial score (nSPS) is 11.9. The van der Waals surface area contributed by atoms with Crippen LogP contribution in [0, 0.1) is 6.92 Å². The van der Waals surface area contributed by atoms with Crippen LogP contribution in [0.15, 0.2) is 35.2 Å². The zero-order valence-electron chi connectivity index (χ0n) is 9.20. The van der Waals surface area contributed by atoms with Gasteiger partial charge in [0, 0.05) is 6.07 Å². The monoisotopic (exact) mass is 219 g/mol. The van der Waals surface area contributed by atoms with E-state index in [-0.39, 0.29) is 28.4 Å². The van der Waals surface area contributed by atoms with Crippen LogP contribution in [0.2, 0.25) is 0 Å². The molecule has 1 heterocycles. The molecule has 0 amide bonds. The summed E-state index contributed by atoms with van der Waals surface area (Å²) in [7, 11) is 0. The fraction of sp³-hybridized carbons (Fsp3) is 0.167. The number of H-pyrrole nitrogens is 1. The molecular weight excluding hydrogens is 206 g/mol. The Morgan fingerprint density at radius 3 is 2.62 bits per heavy atom. The molecule has 2 N–H and O–H groups in total. The highest BCUT2D eigenvalue weighted by atomic mass is 16.3. The first kappa shape index (κ1) is 12.0. The molecule has 1 aromatic heterocycles. The van der Waals surface area contributed by atoms with E-state index in [9.17, 15) is 14.7 Å². The number of rotatable bonds is 3. The van der Waals surface area contributed by atoms with Crippen molar-refractivity contribution in [3.8, 4) is 0 Å². The molecule has 0 saturated heterocycles. The summed E-state index contributed by atoms with van der Waals surface area (Å²) in [6.45, 7) is 6.50. The first-order valence-corrected chi connectivity index (χ1v) is 4.74. The smallest absolute Gasteiger partial charge is 0.248 e. The van der Waals surface area contributed by atoms with Crippen molar-refractivity contribution < 1.29 is 9.90 Å². The SMILES string of the molecule is C=C/C(C(C)=O)=C(/O)c1[nH]c(=O)ccc1C. The number of hydrogen-bond donors (Lipinski definition) is 2. The van der Waals surface area contributed by atoms with E-state index in [4.69, 9.17) is 0 Å². The third kappa shape index (κ3) is 2.28. The van der Waals surface area contributed by atoms with Gasteiger partial charge in [0.1, 0.15) is 5.76 Å². The van der Waals surface area contributed by atoms with Gasteiger partial charge in [0.2, 0.25) is 5.56 Å². The Bertz CT molecular complexity index is 523. The second-order valence-corrected chi connectivity index (χ2v) is 3.40. The van der Waals surface area contributed by atoms with Crippen molar-refractivity contribution in [3.05, 3.63) is 52.0 Å². The molecule has 0 aromatic carbocycles. The van der Waals surface area contributed by atoms with Crippen LogP contribution in [0.1, 0.15) is 18.2 Å². The molecule has 0 radical (unpaired) electrons. The lowest BCUT2D eigenvalue weighted by atomic mass is 10.1. The number of aromatic amines is 1. The van der Waals surface area contributed by atoms with Crippen molar-refractivity contribution in [3.63, 3.8) is 0 Å². The Morgan fingerprint density at radius 2 is 2.12 bits per heavy atom. The fourth-order valence-electron chi connectivity index (χ4n) is 1.34. The second-order valence-electron chi connectivity index (χ2n) is 3.40. The molecule has 0 saturated carbocycles. The van der Waals surface area contributed by atoms with Gasteiger partial charge in [-0.15, -0.1) is 0 Å². The van der Waals surface area contributed by atoms with Crippen molar-refractivity contribution in [2.75, 3.05) is 0 Å². The number of carbonyl (C=O) groups is 1. The predicted octanol–water partition coefficient (Wildman–Crippen LogP) is 1.73. The number of aliphatic hydroxyl groups excluding tert-OH is 1. The zero-order valence-corrected chi connectivity index (χ0v) is 9.20. The van der Waals surface area contributed by atoms with Crippen LogP contribution >= 0.6 is 0 Å². The van der Waals surface area contributed by atoms with Crippen LogP contribution in [0.25, 0.3) is 5.76 Å². The van der Waals surface area contributed by atoms with Gasteiger partial charge in [-0.05, 0) is 19.4 Å². The van der Waals surface area contributed by atoms with Crippen LogP contribution in [-0.4, -0.2) is 15.9 Å². The van der Waals surface area contributed by atoms with E-state index in [1.165, 1.54) is 19.1 Å². The molecule has 0 fully saturated rings. The topological polar surface area (TPSA) is 70.2 Å². The minimum Gasteiger partial charge on any atom is -0.505 e. The van der Waals surface area contributed by atoms with Gasteiger partial charge in [-0.3, -0.25) is 9.59 Å². The molecule has 1 aromatic rings. The second kappa shape index (κ2) is 4.61. The average molecular weight is 219 g/mol. The quantitative estimate of drug-likeness (QED) is 0.462. The summed E-state index contributed by atoms with van der Waals surface area (Å²) >= 11 is 0. The number of aromatic nitrogens is 1. The third-order valence-electron chi connectivity index (χ3n) is 2.20. The summed E-state index contributed by atoms with van der Waals surface area (Å²) in [5, 5.41) is 9.87. The van der Waals surface area contributed by atoms with Gasteiger partial charge in [0.05, 0.1) is 11.3 Å². The van der Waals surface area contributed by atoms with Crippen molar-refractivity contribution in [1.29, 1.82) is 0 Å². The van der Waals surface area contributed by atoms with Crippen molar-refractivity contribution in [2.45, 2.75) is 13.8 Å². The summed E-state index contributed by atoms with van der Waals surface area (Å²) in [6.07, 6.45) is 1.27. The van der Waals surface area contributed by atoms with Gasteiger partial charge in [0.25, 0.3) is 0 Å². The number of nitrogens with one attached hydrogen (secondary N) is 1. The Morgan fingerprint density at radius 1 is 1.50 bits per heavy atom. The molecule has 0 spiro atoms. The molecule has 0 bridgehead atoms. The van der Waals surface area contributed by atoms with Gasteiger partial charge in [0.15, 0.2) is 5.78 Å². The number of carbonyl (C=O) groups excluding carboxylic acids is 1. The molecule has 16 heavy (non-hydrogen) atoms. The van der Waals surface area contributed by atoms with Crippen molar-refractivity contribution in [2.24, 2.45) is 0 Å². The lowest BCUT2D eigenvalue weighted by Gasteiger charge is -2.06. The lowest BCUT2D eigenvalue weighted by molar-refractivity contribution is -0.113. The number of ketones is 1. The molecule has 0 aliphatic carbocycles. The van der Waals surface area contributed by atoms with E-state index in [1.807, 2.05) is 0 Å². The van der Waals surface area contributed by atoms with Crippen LogP contribution < -0.4 is 5.56 Å². The molecule has 4 nitrogen and oxygen atoms in total. The van der Waals surface area contributed by atoms with Crippen LogP contribution in [-0.2, 0) is 4.79 Å². The van der Waals surface area contributed by atoms with Crippen molar-refractivity contribution >= 4 is 11.5 Å². The number of allylic oxidation sites excluding steroid dienone is 2. The van der Waals surface area contributed by atoms with Gasteiger partial charge >= 0.3 is 0 Å². The van der Waals surface area contributed by atoms with E-state index in [1.54, 1.807) is 13.0 Å². The van der Waals surface area contributed by atoms with E-state index in [0.29, 0.717) is 5.56 Å². The predicted molar refractivity (Wildman–Crippen MR) is 62.2 cm³/mol. The average Bonchev–Trinajstić information content (AvgIpc) is 2.22. The maximum absolute atomic E-state index is 11.2. The number of aryl methyl sites for hydroxylation is 1. The minimum atomic E-state index is -0.334. The van der Waals surface area contributed by atoms with Gasteiger partial charge < -0.3 is 10.1 Å². The largest absolute Gasteiger partial charge is 0.505 e. The number of hydrogen-bond acceptors (Lipinski definition) is 3. The highest BCUT2D eigenvalue weighted by molar-refractivity contribution is 6.02. The van der Waals surface area contributed by atoms with E-state index >= 15 is 0 Å². The Labute approximate surface area is 92.9 Å². The van der Waals surface area contributed by atoms with Crippen LogP contribution in [0.4, 0.5) is 0 Å². The first-order chi connectivity index (χ1) is 7.47. The van der Waals surface area contributed by atoms with Gasteiger partial charge in [-0.2, -0.15) is 0 Å². The Hall–Kier alpha value is -2.10. The van der Waals surface area contributed by atoms with E-state index in [2.05, 4.69) is 11.6 Å². The Kier molecular flexibility index (Phi) is 3.45. The maximum Gasteiger partial charge on any atom is 0.248 e. The summed E-state index contributed by atoms with van der Waals surface area (Å²) in [6, 6.07) is 2.93. The highest BCUT2D eigenvalue weighted by Crippen LogP contribution is 2.17. The molecule has 4 heteroatoms. The third-order valence-corrected chi connectivity index (χ3v) is 2.20. The molecule has 1 rings (SSSR count). The van der Waals surface area contributed by atoms with E-state index in [0.717, 1.165) is 0 Å². The summed E-state index contributed by atoms with van der Waals surface area (Å²) < 4.78 is 0. The molecule has 0 aliphatic rings. The summed E-state index contributed by atoms with van der Waals surface area (Å²) in [4.78, 5) is 24.8. The molecule has 0 atom stereocenters. The summed E-state index contributed by atoms with van der Waals surface area (Å²) in [5.41, 5.74) is 0.680. The summed E-state index contributed by atoms with van der Waals surface area (Å²) in [5.74, 6) is -0.561. The standard InChI is InChI=1S/C12H13NO3/c1-4-9(8(3)14)12(16)11-7(2)5-6-10(15)13-11/h4-6,16H,1H2,2-3H3,(H,13,15)/b12-9-. The molecule has 84 valence electrons. The maximum atomic E-state index is 11.2. The molecular formula is C12H13NO3. The number of pyridine rings is 1. The van der Waals surface area contributed by atoms with Crippen molar-refractivity contribution in [1.82, 2.24) is 4.98 Å². The first-order valence-electron chi connectivity index (χ1n) is 4.74. The number of aliphatic hydroxyl groups is 1. The van der Waals surface area contributed by atoms with Crippen LogP contribution in [0.5, 0.6) is 0 Å². The lowest BCUT2D eigenvalue weighted by Crippen LogP contribution is -2.10.